The van der Waals surface area contributed by atoms with Crippen LogP contribution in [-0.4, -0.2) is 41.3 Å². The van der Waals surface area contributed by atoms with Crippen LogP contribution in [-0.2, 0) is 14.3 Å². The van der Waals surface area contributed by atoms with Gasteiger partial charge >= 0.3 is 5.97 Å². The van der Waals surface area contributed by atoms with Crippen molar-refractivity contribution < 1.29 is 24.5 Å². The molecule has 3 saturated carbocycles. The third-order valence-electron chi connectivity index (χ3n) is 9.67. The van der Waals surface area contributed by atoms with E-state index >= 15 is 0 Å². The minimum atomic E-state index is -1.22. The summed E-state index contributed by atoms with van der Waals surface area (Å²) in [6, 6.07) is 0. The van der Waals surface area contributed by atoms with Gasteiger partial charge < -0.3 is 19.7 Å². The highest BCUT2D eigenvalue weighted by Gasteiger charge is 2.85. The molecular weight excluding hydrogens is 392 g/mol. The molecule has 0 aromatic rings. The topological polar surface area (TPSA) is 83.8 Å². The van der Waals surface area contributed by atoms with E-state index in [1.165, 1.54) is 6.42 Å². The third-order valence-corrected chi connectivity index (χ3v) is 9.67. The fourth-order valence-corrected chi connectivity index (χ4v) is 8.49. The van der Waals surface area contributed by atoms with Crippen molar-refractivity contribution in [2.24, 2.45) is 39.9 Å². The Morgan fingerprint density at radius 2 is 2.00 bits per heavy atom. The van der Waals surface area contributed by atoms with Gasteiger partial charge in [0.1, 0.15) is 11.7 Å². The first-order chi connectivity index (χ1) is 14.6. The lowest BCUT2D eigenvalue weighted by Gasteiger charge is -2.58. The molecule has 0 radical (unpaired) electrons. The van der Waals surface area contributed by atoms with Crippen molar-refractivity contribution in [3.8, 4) is 0 Å². The SMILES string of the molecule is CCCCCCOC[C@@]12C[C@H]3[C@@H](CC[C@]3(C)O)[C@@]3(C=O)C[C@@H]1C=C(C(C)C)[C@@]23C(=O)O. The summed E-state index contributed by atoms with van der Waals surface area (Å²) in [4.78, 5) is 26.2. The molecule has 0 heterocycles. The van der Waals surface area contributed by atoms with E-state index in [4.69, 9.17) is 4.74 Å². The van der Waals surface area contributed by atoms with Crippen molar-refractivity contribution in [3.05, 3.63) is 11.6 Å². The molecule has 174 valence electrons. The summed E-state index contributed by atoms with van der Waals surface area (Å²) in [7, 11) is 0. The lowest BCUT2D eigenvalue weighted by molar-refractivity contribution is -0.192. The number of carbonyl (C=O) groups excluding carboxylic acids is 1. The summed E-state index contributed by atoms with van der Waals surface area (Å²) in [5, 5.41) is 22.1. The largest absolute Gasteiger partial charge is 0.481 e. The standard InChI is InChI=1S/C26H40O5/c1-5-6-7-8-11-31-16-25-14-21-19(9-10-23(21,4)30)24(15-27)13-18(25)12-20(17(2)3)26(24,25)22(28)29/h12,15,17-19,21,30H,5-11,13-14,16H2,1-4H3,(H,28,29)/t18-,19+,21-,23-,24-,25-,26-/m0/s1. The molecule has 0 aromatic heterocycles. The van der Waals surface area contributed by atoms with E-state index in [0.29, 0.717) is 32.5 Å². The van der Waals surface area contributed by atoms with Crippen LogP contribution in [0.15, 0.2) is 11.6 Å². The molecule has 0 aliphatic heterocycles. The normalized spacial score (nSPS) is 45.1. The second-order valence-corrected chi connectivity index (χ2v) is 11.4. The number of aliphatic hydroxyl groups is 1. The number of carboxylic acid groups (broad SMARTS) is 1. The monoisotopic (exact) mass is 432 g/mol. The molecular formula is C26H40O5. The number of hydrogen-bond donors (Lipinski definition) is 2. The highest BCUT2D eigenvalue weighted by atomic mass is 16.5. The Hall–Kier alpha value is -1.20. The lowest BCUT2D eigenvalue weighted by Crippen LogP contribution is -2.64. The van der Waals surface area contributed by atoms with E-state index in [2.05, 4.69) is 13.0 Å². The molecule has 0 amide bonds. The predicted molar refractivity (Wildman–Crippen MR) is 118 cm³/mol. The molecule has 4 bridgehead atoms. The number of carbonyl (C=O) groups is 2. The first-order valence-corrected chi connectivity index (χ1v) is 12.4. The maximum Gasteiger partial charge on any atom is 0.315 e. The van der Waals surface area contributed by atoms with Crippen LogP contribution < -0.4 is 0 Å². The maximum absolute atomic E-state index is 13.3. The van der Waals surface area contributed by atoms with Gasteiger partial charge in [-0.2, -0.15) is 0 Å². The van der Waals surface area contributed by atoms with Crippen molar-refractivity contribution in [1.82, 2.24) is 0 Å². The molecule has 5 heteroatoms. The van der Waals surface area contributed by atoms with E-state index in [1.54, 1.807) is 0 Å². The molecule has 0 aromatic carbocycles. The highest BCUT2D eigenvalue weighted by molar-refractivity contribution is 5.90. The fraction of sp³-hybridized carbons (Fsp3) is 0.846. The van der Waals surface area contributed by atoms with Crippen LogP contribution in [0.2, 0.25) is 0 Å². The zero-order chi connectivity index (χ0) is 22.7. The summed E-state index contributed by atoms with van der Waals surface area (Å²) in [5.74, 6) is -0.925. The van der Waals surface area contributed by atoms with Gasteiger partial charge in [-0.15, -0.1) is 0 Å². The van der Waals surface area contributed by atoms with Gasteiger partial charge in [0.05, 0.1) is 17.6 Å². The van der Waals surface area contributed by atoms with Gasteiger partial charge in [-0.25, -0.2) is 0 Å². The molecule has 4 aliphatic carbocycles. The van der Waals surface area contributed by atoms with Crippen molar-refractivity contribution in [2.45, 2.75) is 84.7 Å². The van der Waals surface area contributed by atoms with Crippen LogP contribution in [0.25, 0.3) is 0 Å². The van der Waals surface area contributed by atoms with Gasteiger partial charge in [0.2, 0.25) is 0 Å². The first-order valence-electron chi connectivity index (χ1n) is 12.4. The van der Waals surface area contributed by atoms with E-state index < -0.39 is 27.8 Å². The second-order valence-electron chi connectivity index (χ2n) is 11.4. The van der Waals surface area contributed by atoms with Crippen molar-refractivity contribution in [2.75, 3.05) is 13.2 Å². The fourth-order valence-electron chi connectivity index (χ4n) is 8.49. The zero-order valence-corrected chi connectivity index (χ0v) is 19.7. The highest BCUT2D eigenvalue weighted by Crippen LogP contribution is 2.82. The summed E-state index contributed by atoms with van der Waals surface area (Å²) >= 11 is 0. The van der Waals surface area contributed by atoms with Crippen LogP contribution in [0.1, 0.15) is 79.1 Å². The van der Waals surface area contributed by atoms with E-state index in [0.717, 1.165) is 37.5 Å². The maximum atomic E-state index is 13.3. The molecule has 4 aliphatic rings. The number of rotatable bonds is 10. The van der Waals surface area contributed by atoms with Gasteiger partial charge in [-0.3, -0.25) is 4.79 Å². The Bertz CT molecular complexity index is 770. The number of carboxylic acids is 1. The average Bonchev–Trinajstić information content (AvgIpc) is 3.24. The number of aldehydes is 1. The van der Waals surface area contributed by atoms with Crippen molar-refractivity contribution in [3.63, 3.8) is 0 Å². The summed E-state index contributed by atoms with van der Waals surface area (Å²) in [6.45, 7) is 9.14. The van der Waals surface area contributed by atoms with E-state index in [-0.39, 0.29) is 23.7 Å². The molecule has 3 fully saturated rings. The Morgan fingerprint density at radius 3 is 2.61 bits per heavy atom. The molecule has 7 atom stereocenters. The van der Waals surface area contributed by atoms with Crippen molar-refractivity contribution >= 4 is 12.3 Å². The summed E-state index contributed by atoms with van der Waals surface area (Å²) in [5.41, 5.74) is -2.76. The second kappa shape index (κ2) is 7.69. The van der Waals surface area contributed by atoms with Gasteiger partial charge in [0, 0.05) is 12.0 Å². The Labute approximate surface area is 186 Å². The molecule has 4 rings (SSSR count). The Morgan fingerprint density at radius 1 is 1.26 bits per heavy atom. The van der Waals surface area contributed by atoms with Crippen LogP contribution in [0.3, 0.4) is 0 Å². The molecule has 0 unspecified atom stereocenters. The molecule has 0 saturated heterocycles. The van der Waals surface area contributed by atoms with Gasteiger partial charge in [-0.1, -0.05) is 51.7 Å². The minimum Gasteiger partial charge on any atom is -0.481 e. The van der Waals surface area contributed by atoms with E-state index in [9.17, 15) is 19.8 Å². The van der Waals surface area contributed by atoms with Crippen LogP contribution in [0, 0.1) is 39.9 Å². The number of unbranched alkanes of at least 4 members (excludes halogenated alkanes) is 3. The third kappa shape index (κ3) is 2.75. The van der Waals surface area contributed by atoms with E-state index in [1.807, 2.05) is 20.8 Å². The molecule has 31 heavy (non-hydrogen) atoms. The lowest BCUT2D eigenvalue weighted by atomic mass is 9.42. The predicted octanol–water partition coefficient (Wildman–Crippen LogP) is 4.62. The summed E-state index contributed by atoms with van der Waals surface area (Å²) < 4.78 is 6.24. The van der Waals surface area contributed by atoms with Crippen molar-refractivity contribution in [1.29, 1.82) is 0 Å². The smallest absolute Gasteiger partial charge is 0.315 e. The van der Waals surface area contributed by atoms with Crippen LogP contribution in [0.4, 0.5) is 0 Å². The number of fused-ring (bicyclic) bond motifs is 2. The molecule has 2 N–H and O–H groups in total. The number of ether oxygens (including phenoxy) is 1. The van der Waals surface area contributed by atoms with Gasteiger partial charge in [0.25, 0.3) is 0 Å². The number of aliphatic carboxylic acids is 1. The zero-order valence-electron chi connectivity index (χ0n) is 19.7. The van der Waals surface area contributed by atoms with Crippen LogP contribution >= 0.6 is 0 Å². The molecule has 5 nitrogen and oxygen atoms in total. The number of hydrogen-bond acceptors (Lipinski definition) is 4. The average molecular weight is 433 g/mol. The van der Waals surface area contributed by atoms with Gasteiger partial charge in [0.15, 0.2) is 0 Å². The quantitative estimate of drug-likeness (QED) is 0.299. The number of allylic oxidation sites excluding steroid dienone is 1. The van der Waals surface area contributed by atoms with Gasteiger partial charge in [-0.05, 0) is 62.7 Å². The Kier molecular flexibility index (Phi) is 5.70. The first kappa shape index (κ1) is 23.0. The minimum absolute atomic E-state index is 0.0169. The molecule has 0 spiro atoms. The summed E-state index contributed by atoms with van der Waals surface area (Å²) in [6.07, 6.45) is 10.2. The Balaban J connectivity index is 1.78. The van der Waals surface area contributed by atoms with Crippen LogP contribution in [0.5, 0.6) is 0 Å².